The fourth-order valence-electron chi connectivity index (χ4n) is 7.16. The minimum Gasteiger partial charge on any atom is -0.486 e. The van der Waals surface area contributed by atoms with E-state index in [0.717, 1.165) is 32.1 Å². The van der Waals surface area contributed by atoms with Gasteiger partial charge in [0, 0.05) is 16.8 Å². The van der Waals surface area contributed by atoms with Crippen LogP contribution in [0.3, 0.4) is 0 Å². The summed E-state index contributed by atoms with van der Waals surface area (Å²) in [4.78, 5) is 43.5. The van der Waals surface area contributed by atoms with Gasteiger partial charge in [-0.05, 0) is 43.2 Å². The highest BCUT2D eigenvalue weighted by Gasteiger charge is 2.73. The van der Waals surface area contributed by atoms with Crippen LogP contribution in [-0.4, -0.2) is 65.7 Å². The lowest BCUT2D eigenvalue weighted by Crippen LogP contribution is -2.58. The SMILES string of the molecule is O=C(Nc1cccc(Cl)c1)[C@H]1[C@H]2C=C[C@]3(O2)[C@H](C(=O)NC2CCCCC2)N(C[C@@H]2COc4ccccc4O2)C(=O)[C@@H]13. The molecule has 9 nitrogen and oxygen atoms in total. The van der Waals surface area contributed by atoms with Crippen LogP contribution < -0.4 is 20.1 Å². The van der Waals surface area contributed by atoms with Crippen LogP contribution in [0, 0.1) is 11.8 Å². The maximum absolute atomic E-state index is 14.3. The molecule has 10 heteroatoms. The quantitative estimate of drug-likeness (QED) is 0.507. The van der Waals surface area contributed by atoms with Crippen LogP contribution in [0.1, 0.15) is 32.1 Å². The Labute approximate surface area is 243 Å². The van der Waals surface area contributed by atoms with E-state index in [4.69, 9.17) is 25.8 Å². The number of fused-ring (bicyclic) bond motifs is 2. The predicted octanol–water partition coefficient (Wildman–Crippen LogP) is 3.72. The highest BCUT2D eigenvalue weighted by atomic mass is 35.5. The van der Waals surface area contributed by atoms with Crippen molar-refractivity contribution < 1.29 is 28.6 Å². The van der Waals surface area contributed by atoms with E-state index < -0.39 is 35.7 Å². The molecular weight excluding hydrogens is 546 g/mol. The lowest BCUT2D eigenvalue weighted by atomic mass is 9.74. The Hall–Kier alpha value is -3.56. The zero-order valence-electron chi connectivity index (χ0n) is 22.5. The molecule has 7 rings (SSSR count). The summed E-state index contributed by atoms with van der Waals surface area (Å²) in [5, 5.41) is 6.60. The van der Waals surface area contributed by atoms with Gasteiger partial charge in [-0.2, -0.15) is 0 Å². The summed E-state index contributed by atoms with van der Waals surface area (Å²) >= 11 is 6.13. The summed E-state index contributed by atoms with van der Waals surface area (Å²) in [7, 11) is 0. The monoisotopic (exact) mass is 577 g/mol. The van der Waals surface area contributed by atoms with Crippen molar-refractivity contribution in [1.82, 2.24) is 10.2 Å². The average Bonchev–Trinajstić information content (AvgIpc) is 3.61. The average molecular weight is 578 g/mol. The van der Waals surface area contributed by atoms with Gasteiger partial charge in [0.25, 0.3) is 0 Å². The molecule has 1 aliphatic carbocycles. The van der Waals surface area contributed by atoms with Gasteiger partial charge in [0.15, 0.2) is 17.6 Å². The van der Waals surface area contributed by atoms with Crippen molar-refractivity contribution in [2.75, 3.05) is 18.5 Å². The molecule has 4 aliphatic heterocycles. The van der Waals surface area contributed by atoms with Crippen LogP contribution in [0.2, 0.25) is 5.02 Å². The summed E-state index contributed by atoms with van der Waals surface area (Å²) < 4.78 is 18.5. The normalized spacial score (nSPS) is 31.7. The van der Waals surface area contributed by atoms with Gasteiger partial charge in [0.05, 0.1) is 24.5 Å². The minimum atomic E-state index is -1.25. The first-order valence-corrected chi connectivity index (χ1v) is 14.7. The van der Waals surface area contributed by atoms with Gasteiger partial charge in [0.2, 0.25) is 17.7 Å². The summed E-state index contributed by atoms with van der Waals surface area (Å²) in [6, 6.07) is 13.3. The number of rotatable bonds is 6. The molecule has 2 bridgehead atoms. The number of carbonyl (C=O) groups excluding carboxylic acids is 3. The summed E-state index contributed by atoms with van der Waals surface area (Å²) in [6.07, 6.45) is 7.61. The van der Waals surface area contributed by atoms with Gasteiger partial charge in [0.1, 0.15) is 18.2 Å². The van der Waals surface area contributed by atoms with Crippen molar-refractivity contribution in [3.8, 4) is 11.5 Å². The third kappa shape index (κ3) is 4.55. The van der Waals surface area contributed by atoms with Gasteiger partial charge in [-0.1, -0.05) is 61.2 Å². The molecular formula is C31H32ClN3O6. The van der Waals surface area contributed by atoms with Crippen molar-refractivity contribution in [1.29, 1.82) is 0 Å². The number of nitrogens with one attached hydrogen (secondary N) is 2. The number of para-hydroxylation sites is 2. The highest BCUT2D eigenvalue weighted by Crippen LogP contribution is 2.55. The van der Waals surface area contributed by atoms with Crippen LogP contribution in [0.4, 0.5) is 5.69 Å². The van der Waals surface area contributed by atoms with Crippen LogP contribution in [0.25, 0.3) is 0 Å². The molecule has 1 spiro atoms. The molecule has 41 heavy (non-hydrogen) atoms. The second-order valence-corrected chi connectivity index (χ2v) is 12.0. The van der Waals surface area contributed by atoms with Crippen molar-refractivity contribution in [3.63, 3.8) is 0 Å². The second kappa shape index (κ2) is 10.4. The third-order valence-corrected chi connectivity index (χ3v) is 9.17. The molecule has 0 aromatic heterocycles. The van der Waals surface area contributed by atoms with Crippen LogP contribution in [0.15, 0.2) is 60.7 Å². The molecule has 0 unspecified atom stereocenters. The molecule has 5 aliphatic rings. The smallest absolute Gasteiger partial charge is 0.246 e. The Bertz CT molecular complexity index is 1410. The van der Waals surface area contributed by atoms with E-state index in [2.05, 4.69) is 10.6 Å². The molecule has 3 amide bonds. The van der Waals surface area contributed by atoms with Crippen molar-refractivity contribution in [2.45, 2.75) is 62.0 Å². The predicted molar refractivity (Wildman–Crippen MR) is 151 cm³/mol. The summed E-state index contributed by atoms with van der Waals surface area (Å²) in [6.45, 7) is 0.353. The van der Waals surface area contributed by atoms with E-state index >= 15 is 0 Å². The van der Waals surface area contributed by atoms with E-state index in [0.29, 0.717) is 22.2 Å². The van der Waals surface area contributed by atoms with Crippen molar-refractivity contribution in [3.05, 3.63) is 65.7 Å². The van der Waals surface area contributed by atoms with Gasteiger partial charge < -0.3 is 29.7 Å². The molecule has 2 aromatic rings. The number of halogens is 1. The molecule has 6 atom stereocenters. The van der Waals surface area contributed by atoms with Crippen LogP contribution >= 0.6 is 11.6 Å². The fourth-order valence-corrected chi connectivity index (χ4v) is 7.35. The van der Waals surface area contributed by atoms with Crippen LogP contribution in [0.5, 0.6) is 11.5 Å². The lowest BCUT2D eigenvalue weighted by molar-refractivity contribution is -0.143. The molecule has 214 valence electrons. The summed E-state index contributed by atoms with van der Waals surface area (Å²) in [5.74, 6) is -1.32. The zero-order chi connectivity index (χ0) is 28.1. The first kappa shape index (κ1) is 26.3. The molecule has 2 N–H and O–H groups in total. The van der Waals surface area contributed by atoms with E-state index in [-0.39, 0.29) is 36.9 Å². The molecule has 0 radical (unpaired) electrons. The molecule has 3 fully saturated rings. The number of carbonyl (C=O) groups is 3. The number of nitrogens with zero attached hydrogens (tertiary/aromatic N) is 1. The Balaban J connectivity index is 1.19. The fraction of sp³-hybridized carbons (Fsp3) is 0.452. The van der Waals surface area contributed by atoms with Crippen LogP contribution in [-0.2, 0) is 19.1 Å². The highest BCUT2D eigenvalue weighted by molar-refractivity contribution is 6.30. The Morgan fingerprint density at radius 3 is 2.63 bits per heavy atom. The van der Waals surface area contributed by atoms with E-state index in [9.17, 15) is 14.4 Å². The Morgan fingerprint density at radius 2 is 1.83 bits per heavy atom. The van der Waals surface area contributed by atoms with Gasteiger partial charge in [-0.25, -0.2) is 0 Å². The second-order valence-electron chi connectivity index (χ2n) is 11.5. The maximum Gasteiger partial charge on any atom is 0.246 e. The first-order chi connectivity index (χ1) is 19.9. The van der Waals surface area contributed by atoms with E-state index in [1.165, 1.54) is 0 Å². The minimum absolute atomic E-state index is 0.0503. The van der Waals surface area contributed by atoms with E-state index in [1.54, 1.807) is 29.2 Å². The number of hydrogen-bond donors (Lipinski definition) is 2. The third-order valence-electron chi connectivity index (χ3n) is 8.94. The van der Waals surface area contributed by atoms with Crippen molar-refractivity contribution >= 4 is 35.0 Å². The number of likely N-dealkylation sites (tertiary alicyclic amines) is 1. The Kier molecular flexibility index (Phi) is 6.66. The number of benzene rings is 2. The van der Waals surface area contributed by atoms with Gasteiger partial charge in [-0.15, -0.1) is 0 Å². The summed E-state index contributed by atoms with van der Waals surface area (Å²) in [5.41, 5.74) is -0.715. The first-order valence-electron chi connectivity index (χ1n) is 14.4. The van der Waals surface area contributed by atoms with Gasteiger partial charge in [-0.3, -0.25) is 14.4 Å². The lowest BCUT2D eigenvalue weighted by Gasteiger charge is -2.36. The molecule has 4 heterocycles. The maximum atomic E-state index is 14.3. The molecule has 2 saturated heterocycles. The number of ether oxygens (including phenoxy) is 3. The largest absolute Gasteiger partial charge is 0.486 e. The Morgan fingerprint density at radius 1 is 1.02 bits per heavy atom. The molecule has 2 aromatic carbocycles. The molecule has 1 saturated carbocycles. The van der Waals surface area contributed by atoms with Crippen molar-refractivity contribution in [2.24, 2.45) is 11.8 Å². The topological polar surface area (TPSA) is 106 Å². The number of hydrogen-bond acceptors (Lipinski definition) is 6. The number of anilines is 1. The zero-order valence-corrected chi connectivity index (χ0v) is 23.2. The number of amides is 3. The van der Waals surface area contributed by atoms with E-state index in [1.807, 2.05) is 36.4 Å². The standard InChI is InChI=1S/C31H32ClN3O6/c32-18-7-6-10-20(15-18)34-28(36)25-24-13-14-31(41-24)26(25)30(38)35(27(31)29(37)33-19-8-2-1-3-9-19)16-21-17-39-22-11-4-5-12-23(22)40-21/h4-7,10-15,19,21,24-27H,1-3,8-9,16-17H2,(H,33,37)(H,34,36)/t21-,24-,25+,26-,27+,31-/m1/s1. The van der Waals surface area contributed by atoms with Gasteiger partial charge >= 0.3 is 0 Å².